The van der Waals surface area contributed by atoms with Crippen molar-refractivity contribution >= 4 is 34.1 Å². The van der Waals surface area contributed by atoms with Gasteiger partial charge in [0.2, 0.25) is 0 Å². The number of hydrogen-bond acceptors (Lipinski definition) is 2. The Balaban J connectivity index is 0.954. The number of hydrogen-bond donors (Lipinski definition) is 0. The lowest BCUT2D eigenvalue weighted by Gasteiger charge is -2.31. The molecule has 0 unspecified atom stereocenters. The second-order valence-corrected chi connectivity index (χ2v) is 20.5. The summed E-state index contributed by atoms with van der Waals surface area (Å²) in [6.45, 7) is 4.80. The number of anilines is 6. The molecule has 0 amide bonds. The molecule has 0 aromatic heterocycles. The van der Waals surface area contributed by atoms with Gasteiger partial charge < -0.3 is 9.80 Å². The van der Waals surface area contributed by atoms with Crippen molar-refractivity contribution in [2.24, 2.45) is 0 Å². The van der Waals surface area contributed by atoms with Gasteiger partial charge in [0, 0.05) is 39.3 Å². The standard InChI is InChI=1S/C75H56N2/c1-75(2)71-51-65(76(63-39-33-57(34-40-63)53-21-9-3-10-22-53)73-47-37-61(55-25-13-5-14-26-55)49-69(73)59-29-17-7-18-30-59)43-45-67(71)68-46-44-66(52-72(68)75)77(64-41-35-58(36-42-64)54-23-11-4-12-24-54)74-48-38-62(56-27-15-6-16-28-56)50-70(74)60-31-19-8-20-32-60/h3-52H,1-2H3. The molecule has 77 heavy (non-hydrogen) atoms. The van der Waals surface area contributed by atoms with Gasteiger partial charge in [0.15, 0.2) is 0 Å². The van der Waals surface area contributed by atoms with Crippen LogP contribution in [0, 0.1) is 0 Å². The zero-order valence-electron chi connectivity index (χ0n) is 43.3. The summed E-state index contributed by atoms with van der Waals surface area (Å²) in [5.74, 6) is 0. The van der Waals surface area contributed by atoms with Crippen LogP contribution in [0.25, 0.3) is 77.9 Å². The minimum absolute atomic E-state index is 0.346. The molecular weight excluding hydrogens is 929 g/mol. The Bertz CT molecular complexity index is 3740. The molecule has 0 saturated heterocycles. The minimum Gasteiger partial charge on any atom is -0.310 e. The van der Waals surface area contributed by atoms with Gasteiger partial charge in [-0.05, 0) is 151 Å². The van der Waals surface area contributed by atoms with Crippen LogP contribution in [0.2, 0.25) is 0 Å². The molecule has 0 radical (unpaired) electrons. The van der Waals surface area contributed by atoms with E-state index in [1.54, 1.807) is 0 Å². The van der Waals surface area contributed by atoms with Gasteiger partial charge in [-0.25, -0.2) is 0 Å². The molecule has 0 bridgehead atoms. The second-order valence-electron chi connectivity index (χ2n) is 20.5. The Morgan fingerprint density at radius 1 is 0.208 bits per heavy atom. The van der Waals surface area contributed by atoms with Crippen molar-refractivity contribution in [3.05, 3.63) is 314 Å². The molecule has 12 aromatic carbocycles. The third-order valence-corrected chi connectivity index (χ3v) is 15.5. The van der Waals surface area contributed by atoms with Crippen LogP contribution in [0.15, 0.2) is 303 Å². The maximum Gasteiger partial charge on any atom is 0.0540 e. The third-order valence-electron chi connectivity index (χ3n) is 15.5. The van der Waals surface area contributed by atoms with Gasteiger partial charge in [-0.1, -0.05) is 244 Å². The molecule has 0 N–H and O–H groups in total. The monoisotopic (exact) mass is 984 g/mol. The van der Waals surface area contributed by atoms with Crippen LogP contribution < -0.4 is 9.80 Å². The minimum atomic E-state index is -0.346. The highest BCUT2D eigenvalue weighted by atomic mass is 15.2. The Kier molecular flexibility index (Phi) is 12.3. The lowest BCUT2D eigenvalue weighted by Crippen LogP contribution is -2.18. The van der Waals surface area contributed by atoms with E-state index in [1.807, 2.05) is 0 Å². The Labute approximate surface area is 453 Å². The van der Waals surface area contributed by atoms with Gasteiger partial charge in [-0.3, -0.25) is 0 Å². The summed E-state index contributed by atoms with van der Waals surface area (Å²) in [5.41, 5.74) is 25.5. The van der Waals surface area contributed by atoms with Crippen molar-refractivity contribution < 1.29 is 0 Å². The fraction of sp³-hybridized carbons (Fsp3) is 0.0400. The van der Waals surface area contributed by atoms with Gasteiger partial charge in [0.1, 0.15) is 0 Å². The van der Waals surface area contributed by atoms with E-state index in [4.69, 9.17) is 0 Å². The molecule has 1 aliphatic carbocycles. The van der Waals surface area contributed by atoms with Crippen LogP contribution >= 0.6 is 0 Å². The van der Waals surface area contributed by atoms with E-state index >= 15 is 0 Å². The quantitative estimate of drug-likeness (QED) is 0.120. The molecule has 0 spiro atoms. The van der Waals surface area contributed by atoms with E-state index in [2.05, 4.69) is 327 Å². The maximum atomic E-state index is 2.46. The van der Waals surface area contributed by atoms with Crippen LogP contribution in [-0.4, -0.2) is 0 Å². The first-order chi connectivity index (χ1) is 37.9. The maximum absolute atomic E-state index is 2.46. The summed E-state index contributed by atoms with van der Waals surface area (Å²) in [6.07, 6.45) is 0. The summed E-state index contributed by atoms with van der Waals surface area (Å²) in [4.78, 5) is 4.92. The Morgan fingerprint density at radius 3 is 0.792 bits per heavy atom. The van der Waals surface area contributed by atoms with Crippen molar-refractivity contribution in [1.29, 1.82) is 0 Å². The fourth-order valence-electron chi connectivity index (χ4n) is 11.5. The molecule has 0 heterocycles. The SMILES string of the molecule is CC1(C)c2cc(N(c3ccc(-c4ccccc4)cc3)c3ccc(-c4ccccc4)cc3-c3ccccc3)ccc2-c2ccc(N(c3ccc(-c4ccccc4)cc3)c3ccc(-c4ccccc4)cc3-c3ccccc3)cc21. The molecule has 2 nitrogen and oxygen atoms in total. The topological polar surface area (TPSA) is 6.48 Å². The molecule has 0 atom stereocenters. The van der Waals surface area contributed by atoms with E-state index in [1.165, 1.54) is 66.8 Å². The molecule has 13 rings (SSSR count). The van der Waals surface area contributed by atoms with Crippen molar-refractivity contribution in [3.63, 3.8) is 0 Å². The smallest absolute Gasteiger partial charge is 0.0540 e. The molecule has 12 aromatic rings. The van der Waals surface area contributed by atoms with E-state index in [9.17, 15) is 0 Å². The molecular formula is C75H56N2. The van der Waals surface area contributed by atoms with E-state index in [0.717, 1.165) is 56.4 Å². The van der Waals surface area contributed by atoms with Gasteiger partial charge >= 0.3 is 0 Å². The van der Waals surface area contributed by atoms with Gasteiger partial charge in [-0.15, -0.1) is 0 Å². The third kappa shape index (κ3) is 9.00. The van der Waals surface area contributed by atoms with Crippen molar-refractivity contribution in [3.8, 4) is 77.9 Å². The normalized spacial score (nSPS) is 12.1. The van der Waals surface area contributed by atoms with Crippen LogP contribution in [0.1, 0.15) is 25.0 Å². The highest BCUT2D eigenvalue weighted by Crippen LogP contribution is 2.54. The van der Waals surface area contributed by atoms with Crippen LogP contribution in [0.4, 0.5) is 34.1 Å². The lowest BCUT2D eigenvalue weighted by molar-refractivity contribution is 0.660. The predicted octanol–water partition coefficient (Wildman–Crippen LogP) is 20.9. The Hall–Kier alpha value is -9.76. The summed E-state index contributed by atoms with van der Waals surface area (Å²) in [5, 5.41) is 0. The first kappa shape index (κ1) is 47.0. The predicted molar refractivity (Wildman–Crippen MR) is 326 cm³/mol. The lowest BCUT2D eigenvalue weighted by atomic mass is 9.82. The van der Waals surface area contributed by atoms with Crippen molar-refractivity contribution in [1.82, 2.24) is 0 Å². The summed E-state index contributed by atoms with van der Waals surface area (Å²) >= 11 is 0. The molecule has 1 aliphatic rings. The number of rotatable bonds is 12. The molecule has 0 fully saturated rings. The zero-order valence-corrected chi connectivity index (χ0v) is 43.3. The average molecular weight is 985 g/mol. The number of nitrogens with zero attached hydrogens (tertiary/aromatic N) is 2. The van der Waals surface area contributed by atoms with E-state index < -0.39 is 0 Å². The first-order valence-electron chi connectivity index (χ1n) is 26.7. The molecule has 2 heteroatoms. The van der Waals surface area contributed by atoms with Crippen molar-refractivity contribution in [2.75, 3.05) is 9.80 Å². The molecule has 0 aliphatic heterocycles. The Morgan fingerprint density at radius 2 is 0.468 bits per heavy atom. The number of fused-ring (bicyclic) bond motifs is 3. The summed E-state index contributed by atoms with van der Waals surface area (Å²) < 4.78 is 0. The van der Waals surface area contributed by atoms with Gasteiger partial charge in [0.05, 0.1) is 11.4 Å². The van der Waals surface area contributed by atoms with Crippen LogP contribution in [-0.2, 0) is 5.41 Å². The summed E-state index contributed by atoms with van der Waals surface area (Å²) in [7, 11) is 0. The van der Waals surface area contributed by atoms with E-state index in [-0.39, 0.29) is 5.41 Å². The molecule has 366 valence electrons. The average Bonchev–Trinajstić information content (AvgIpc) is 3.80. The zero-order chi connectivity index (χ0) is 51.7. The number of benzene rings is 12. The highest BCUT2D eigenvalue weighted by Gasteiger charge is 2.37. The largest absolute Gasteiger partial charge is 0.310 e. The van der Waals surface area contributed by atoms with E-state index in [0.29, 0.717) is 0 Å². The van der Waals surface area contributed by atoms with Gasteiger partial charge in [0.25, 0.3) is 0 Å². The van der Waals surface area contributed by atoms with Crippen LogP contribution in [0.3, 0.4) is 0 Å². The fourth-order valence-corrected chi connectivity index (χ4v) is 11.5. The van der Waals surface area contributed by atoms with Crippen molar-refractivity contribution in [2.45, 2.75) is 19.3 Å². The first-order valence-corrected chi connectivity index (χ1v) is 26.7. The van der Waals surface area contributed by atoms with Crippen LogP contribution in [0.5, 0.6) is 0 Å². The highest BCUT2D eigenvalue weighted by molar-refractivity contribution is 5.95. The second kappa shape index (κ2) is 20.2. The molecule has 0 saturated carbocycles. The summed E-state index contributed by atoms with van der Waals surface area (Å²) in [6, 6.07) is 111. The van der Waals surface area contributed by atoms with Gasteiger partial charge in [-0.2, -0.15) is 0 Å².